The Labute approximate surface area is 149 Å². The first kappa shape index (κ1) is 16.1. The number of hydrogen-bond acceptors (Lipinski definition) is 4. The summed E-state index contributed by atoms with van der Waals surface area (Å²) in [6, 6.07) is 12.8. The number of rotatable bonds is 4. The van der Waals surface area contributed by atoms with Crippen LogP contribution in [0.4, 0.5) is 11.4 Å². The summed E-state index contributed by atoms with van der Waals surface area (Å²) in [5.74, 6) is 0.0562. The summed E-state index contributed by atoms with van der Waals surface area (Å²) in [6.45, 7) is 0.353. The molecule has 7 nitrogen and oxygen atoms in total. The van der Waals surface area contributed by atoms with Crippen LogP contribution in [0.3, 0.4) is 0 Å². The van der Waals surface area contributed by atoms with Crippen LogP contribution in [-0.4, -0.2) is 35.7 Å². The number of anilines is 2. The van der Waals surface area contributed by atoms with Crippen molar-refractivity contribution >= 4 is 34.1 Å². The summed E-state index contributed by atoms with van der Waals surface area (Å²) >= 11 is 0. The molecule has 7 heteroatoms. The standard InChI is InChI=1S/C19H18N4O3/c1-26-16-4-2-3-15(9-16)23-11-13(8-18(23)24)19(25)21-14-5-6-17-12(7-14)10-20-22-17/h2-7,9-10,13H,8,11H2,1H3,(H,20,22)(H,21,25). The molecule has 2 aromatic carbocycles. The number of ether oxygens (including phenoxy) is 1. The Morgan fingerprint density at radius 2 is 2.19 bits per heavy atom. The number of carbonyl (C=O) groups is 2. The van der Waals surface area contributed by atoms with Gasteiger partial charge >= 0.3 is 0 Å². The van der Waals surface area contributed by atoms with Crippen molar-refractivity contribution in [2.45, 2.75) is 6.42 Å². The van der Waals surface area contributed by atoms with Crippen LogP contribution in [0.2, 0.25) is 0 Å². The van der Waals surface area contributed by atoms with Crippen LogP contribution in [-0.2, 0) is 9.59 Å². The number of carbonyl (C=O) groups excluding carboxylic acids is 2. The third-order valence-corrected chi connectivity index (χ3v) is 4.57. The third-order valence-electron chi connectivity index (χ3n) is 4.57. The maximum absolute atomic E-state index is 12.6. The molecule has 132 valence electrons. The van der Waals surface area contributed by atoms with E-state index in [0.29, 0.717) is 18.0 Å². The molecule has 26 heavy (non-hydrogen) atoms. The van der Waals surface area contributed by atoms with E-state index >= 15 is 0 Å². The lowest BCUT2D eigenvalue weighted by atomic mass is 10.1. The Kier molecular flexibility index (Phi) is 4.04. The number of benzene rings is 2. The van der Waals surface area contributed by atoms with E-state index < -0.39 is 5.92 Å². The van der Waals surface area contributed by atoms with Crippen molar-refractivity contribution in [3.05, 3.63) is 48.7 Å². The summed E-state index contributed by atoms with van der Waals surface area (Å²) in [6.07, 6.45) is 1.89. The van der Waals surface area contributed by atoms with Crippen LogP contribution in [0.5, 0.6) is 5.75 Å². The monoisotopic (exact) mass is 350 g/mol. The molecule has 1 saturated heterocycles. The molecule has 1 atom stereocenters. The Bertz CT molecular complexity index is 982. The Morgan fingerprint density at radius 3 is 3.04 bits per heavy atom. The van der Waals surface area contributed by atoms with Crippen molar-refractivity contribution in [2.24, 2.45) is 5.92 Å². The molecule has 0 spiro atoms. The molecular formula is C19H18N4O3. The Hall–Kier alpha value is -3.35. The molecule has 1 fully saturated rings. The van der Waals surface area contributed by atoms with Crippen molar-refractivity contribution < 1.29 is 14.3 Å². The van der Waals surface area contributed by atoms with Gasteiger partial charge in [0.25, 0.3) is 0 Å². The van der Waals surface area contributed by atoms with Gasteiger partial charge in [-0.1, -0.05) is 6.07 Å². The number of nitrogens with zero attached hydrogens (tertiary/aromatic N) is 2. The van der Waals surface area contributed by atoms with Crippen LogP contribution >= 0.6 is 0 Å². The van der Waals surface area contributed by atoms with Crippen molar-refractivity contribution in [3.8, 4) is 5.75 Å². The zero-order valence-electron chi connectivity index (χ0n) is 14.2. The van der Waals surface area contributed by atoms with Gasteiger partial charge in [0.15, 0.2) is 0 Å². The fourth-order valence-corrected chi connectivity index (χ4v) is 3.18. The molecule has 2 amide bonds. The van der Waals surface area contributed by atoms with Crippen LogP contribution < -0.4 is 15.0 Å². The van der Waals surface area contributed by atoms with E-state index in [2.05, 4.69) is 15.5 Å². The first-order valence-corrected chi connectivity index (χ1v) is 8.32. The predicted octanol–water partition coefficient (Wildman–Crippen LogP) is 2.56. The van der Waals surface area contributed by atoms with E-state index in [1.54, 1.807) is 24.3 Å². The van der Waals surface area contributed by atoms with E-state index in [4.69, 9.17) is 4.74 Å². The van der Waals surface area contributed by atoms with Crippen molar-refractivity contribution in [1.29, 1.82) is 0 Å². The lowest BCUT2D eigenvalue weighted by Crippen LogP contribution is -2.28. The molecule has 2 N–H and O–H groups in total. The second kappa shape index (κ2) is 6.51. The fourth-order valence-electron chi connectivity index (χ4n) is 3.18. The van der Waals surface area contributed by atoms with Gasteiger partial charge in [0.1, 0.15) is 5.75 Å². The minimum absolute atomic E-state index is 0.0660. The lowest BCUT2D eigenvalue weighted by Gasteiger charge is -2.17. The van der Waals surface area contributed by atoms with Gasteiger partial charge in [0.05, 0.1) is 24.7 Å². The zero-order chi connectivity index (χ0) is 18.1. The van der Waals surface area contributed by atoms with Crippen LogP contribution in [0, 0.1) is 5.92 Å². The minimum Gasteiger partial charge on any atom is -0.497 e. The largest absolute Gasteiger partial charge is 0.497 e. The molecule has 1 aliphatic heterocycles. The Morgan fingerprint density at radius 1 is 1.31 bits per heavy atom. The molecule has 3 aromatic rings. The average molecular weight is 350 g/mol. The van der Waals surface area contributed by atoms with Crippen LogP contribution in [0.25, 0.3) is 10.9 Å². The molecule has 0 saturated carbocycles. The summed E-state index contributed by atoms with van der Waals surface area (Å²) < 4.78 is 5.21. The normalized spacial score (nSPS) is 16.9. The SMILES string of the molecule is COc1cccc(N2CC(C(=O)Nc3ccc4[nH]ncc4c3)CC2=O)c1. The minimum atomic E-state index is -0.395. The lowest BCUT2D eigenvalue weighted by molar-refractivity contribution is -0.122. The maximum atomic E-state index is 12.6. The van der Waals surface area contributed by atoms with Gasteiger partial charge in [0, 0.05) is 35.8 Å². The number of nitrogens with one attached hydrogen (secondary N) is 2. The molecule has 1 aliphatic rings. The molecule has 0 radical (unpaired) electrons. The van der Waals surface area contributed by atoms with Gasteiger partial charge in [-0.05, 0) is 30.3 Å². The van der Waals surface area contributed by atoms with Gasteiger partial charge < -0.3 is 15.0 Å². The first-order chi connectivity index (χ1) is 12.6. The maximum Gasteiger partial charge on any atom is 0.229 e. The van der Waals surface area contributed by atoms with E-state index in [0.717, 1.165) is 16.6 Å². The number of aromatic amines is 1. The van der Waals surface area contributed by atoms with Crippen molar-refractivity contribution in [3.63, 3.8) is 0 Å². The van der Waals surface area contributed by atoms with E-state index in [9.17, 15) is 9.59 Å². The van der Waals surface area contributed by atoms with Gasteiger partial charge in [0.2, 0.25) is 11.8 Å². The van der Waals surface area contributed by atoms with Crippen molar-refractivity contribution in [2.75, 3.05) is 23.9 Å². The second-order valence-corrected chi connectivity index (χ2v) is 6.27. The zero-order valence-corrected chi connectivity index (χ0v) is 14.2. The first-order valence-electron chi connectivity index (χ1n) is 8.32. The third kappa shape index (κ3) is 2.99. The number of amides is 2. The quantitative estimate of drug-likeness (QED) is 0.757. The fraction of sp³-hybridized carbons (Fsp3) is 0.211. The summed E-state index contributed by atoms with van der Waals surface area (Å²) in [4.78, 5) is 26.6. The second-order valence-electron chi connectivity index (χ2n) is 6.27. The highest BCUT2D eigenvalue weighted by Crippen LogP contribution is 2.28. The smallest absolute Gasteiger partial charge is 0.229 e. The van der Waals surface area contributed by atoms with Gasteiger partial charge in [-0.3, -0.25) is 14.7 Å². The highest BCUT2D eigenvalue weighted by Gasteiger charge is 2.35. The summed E-state index contributed by atoms with van der Waals surface area (Å²) in [5, 5.41) is 10.7. The highest BCUT2D eigenvalue weighted by atomic mass is 16.5. The number of H-pyrrole nitrogens is 1. The molecule has 0 aliphatic carbocycles. The molecule has 2 heterocycles. The average Bonchev–Trinajstić information content (AvgIpc) is 3.27. The summed E-state index contributed by atoms with van der Waals surface area (Å²) in [7, 11) is 1.58. The molecule has 1 aromatic heterocycles. The van der Waals surface area contributed by atoms with Crippen molar-refractivity contribution in [1.82, 2.24) is 10.2 Å². The number of fused-ring (bicyclic) bond motifs is 1. The molecule has 4 rings (SSSR count). The van der Waals surface area contributed by atoms with Gasteiger partial charge in [-0.25, -0.2) is 0 Å². The Balaban J connectivity index is 1.47. The number of methoxy groups -OCH3 is 1. The molecule has 0 bridgehead atoms. The van der Waals surface area contributed by atoms with Crippen LogP contribution in [0.1, 0.15) is 6.42 Å². The van der Waals surface area contributed by atoms with E-state index in [1.807, 2.05) is 36.4 Å². The van der Waals surface area contributed by atoms with E-state index in [1.165, 1.54) is 0 Å². The van der Waals surface area contributed by atoms with Crippen LogP contribution in [0.15, 0.2) is 48.7 Å². The van der Waals surface area contributed by atoms with Gasteiger partial charge in [-0.15, -0.1) is 0 Å². The highest BCUT2D eigenvalue weighted by molar-refractivity contribution is 6.04. The number of hydrogen-bond donors (Lipinski definition) is 2. The molecule has 1 unspecified atom stereocenters. The predicted molar refractivity (Wildman–Crippen MR) is 98.2 cm³/mol. The van der Waals surface area contributed by atoms with E-state index in [-0.39, 0.29) is 18.2 Å². The van der Waals surface area contributed by atoms with Gasteiger partial charge in [-0.2, -0.15) is 5.10 Å². The topological polar surface area (TPSA) is 87.3 Å². The molecular weight excluding hydrogens is 332 g/mol. The summed E-state index contributed by atoms with van der Waals surface area (Å²) in [5.41, 5.74) is 2.34. The number of aromatic nitrogens is 2.